The molecule has 3 nitrogen and oxygen atoms in total. The van der Waals surface area contributed by atoms with Gasteiger partial charge >= 0.3 is 0 Å². The largest absolute Gasteiger partial charge is 0.314 e. The molecule has 2 aromatic heterocycles. The van der Waals surface area contributed by atoms with Crippen LogP contribution in [-0.2, 0) is 6.54 Å². The molecule has 0 aliphatic heterocycles. The molecule has 72 valence electrons. The van der Waals surface area contributed by atoms with Crippen molar-refractivity contribution < 1.29 is 0 Å². The highest BCUT2D eigenvalue weighted by Gasteiger charge is 2.04. The maximum Gasteiger partial charge on any atom is 0.277 e. The molecular weight excluding hydrogens is 200 g/mol. The number of nitrogens with zero attached hydrogens (tertiary/aromatic N) is 2. The molecule has 0 bridgehead atoms. The molecule has 0 saturated carbocycles. The van der Waals surface area contributed by atoms with Gasteiger partial charge < -0.3 is 4.57 Å². The van der Waals surface area contributed by atoms with Crippen molar-refractivity contribution in [2.24, 2.45) is 0 Å². The molecule has 0 N–H and O–H groups in total. The minimum atomic E-state index is -0.0903. The molecule has 0 atom stereocenters. The highest BCUT2D eigenvalue weighted by atomic mass is 35.5. The molecule has 0 spiro atoms. The summed E-state index contributed by atoms with van der Waals surface area (Å²) in [6.07, 6.45) is 3.28. The highest BCUT2D eigenvalue weighted by Crippen LogP contribution is 2.17. The third-order valence-corrected chi connectivity index (χ3v) is 2.49. The number of fused-ring (bicyclic) bond motifs is 1. The Labute approximate surface area is 86.0 Å². The van der Waals surface area contributed by atoms with Crippen LogP contribution in [0.5, 0.6) is 0 Å². The van der Waals surface area contributed by atoms with E-state index in [1.54, 1.807) is 23.0 Å². The van der Waals surface area contributed by atoms with Crippen LogP contribution in [0, 0.1) is 0 Å². The quantitative estimate of drug-likeness (QED) is 0.719. The summed E-state index contributed by atoms with van der Waals surface area (Å²) in [6.45, 7) is 2.56. The first-order valence-electron chi connectivity index (χ1n) is 4.37. The minimum absolute atomic E-state index is 0.0903. The number of hydrogen-bond acceptors (Lipinski definition) is 2. The summed E-state index contributed by atoms with van der Waals surface area (Å²) in [5.41, 5.74) is 0.342. The summed E-state index contributed by atoms with van der Waals surface area (Å²) in [7, 11) is 0. The average molecular weight is 209 g/mol. The molecule has 0 fully saturated rings. The standard InChI is InChI=1S/C10H9ClN2O/c1-2-13-6-4-7-8(11)3-5-12-9(7)10(13)14/h3-6H,2H2,1H3. The number of pyridine rings is 2. The maximum absolute atomic E-state index is 11.8. The first-order chi connectivity index (χ1) is 6.74. The van der Waals surface area contributed by atoms with Gasteiger partial charge in [-0.3, -0.25) is 9.78 Å². The van der Waals surface area contributed by atoms with E-state index in [9.17, 15) is 4.79 Å². The molecule has 14 heavy (non-hydrogen) atoms. The fourth-order valence-electron chi connectivity index (χ4n) is 1.40. The Balaban J connectivity index is 2.91. The van der Waals surface area contributed by atoms with E-state index >= 15 is 0 Å². The predicted octanol–water partition coefficient (Wildman–Crippen LogP) is 2.07. The molecular formula is C10H9ClN2O. The van der Waals surface area contributed by atoms with Crippen molar-refractivity contribution in [1.82, 2.24) is 9.55 Å². The molecule has 0 aliphatic rings. The van der Waals surface area contributed by atoms with Crippen LogP contribution in [0.2, 0.25) is 5.02 Å². The molecule has 0 saturated heterocycles. The molecule has 0 aliphatic carbocycles. The van der Waals surface area contributed by atoms with Gasteiger partial charge in [0.05, 0.1) is 5.02 Å². The Kier molecular flexibility index (Phi) is 2.25. The summed E-state index contributed by atoms with van der Waals surface area (Å²) in [6, 6.07) is 3.50. The van der Waals surface area contributed by atoms with Crippen molar-refractivity contribution in [1.29, 1.82) is 0 Å². The van der Waals surface area contributed by atoms with Crippen molar-refractivity contribution in [2.75, 3.05) is 0 Å². The van der Waals surface area contributed by atoms with E-state index in [1.807, 2.05) is 13.0 Å². The first-order valence-corrected chi connectivity index (χ1v) is 4.75. The Bertz CT molecular complexity index is 533. The van der Waals surface area contributed by atoms with Gasteiger partial charge in [0.2, 0.25) is 0 Å². The summed E-state index contributed by atoms with van der Waals surface area (Å²) >= 11 is 5.94. The second kappa shape index (κ2) is 3.42. The van der Waals surface area contributed by atoms with Gasteiger partial charge in [0.1, 0.15) is 5.52 Å². The third kappa shape index (κ3) is 1.30. The monoisotopic (exact) mass is 208 g/mol. The number of aryl methyl sites for hydroxylation is 1. The van der Waals surface area contributed by atoms with Crippen LogP contribution in [0.3, 0.4) is 0 Å². The Morgan fingerprint density at radius 1 is 1.50 bits per heavy atom. The molecule has 0 unspecified atom stereocenters. The van der Waals surface area contributed by atoms with Crippen molar-refractivity contribution in [3.8, 4) is 0 Å². The van der Waals surface area contributed by atoms with Crippen LogP contribution in [0.25, 0.3) is 10.9 Å². The SMILES string of the molecule is CCn1ccc2c(Cl)ccnc2c1=O. The number of halogens is 1. The van der Waals surface area contributed by atoms with Gasteiger partial charge in [-0.15, -0.1) is 0 Å². The van der Waals surface area contributed by atoms with Crippen LogP contribution in [0.1, 0.15) is 6.92 Å². The predicted molar refractivity (Wildman–Crippen MR) is 56.7 cm³/mol. The van der Waals surface area contributed by atoms with Crippen LogP contribution in [0.4, 0.5) is 0 Å². The van der Waals surface area contributed by atoms with Crippen LogP contribution < -0.4 is 5.56 Å². The van der Waals surface area contributed by atoms with Gasteiger partial charge in [0, 0.05) is 24.3 Å². The van der Waals surface area contributed by atoms with Gasteiger partial charge in [0.15, 0.2) is 0 Å². The van der Waals surface area contributed by atoms with Crippen molar-refractivity contribution in [3.05, 3.63) is 39.9 Å². The van der Waals surface area contributed by atoms with Crippen LogP contribution in [0.15, 0.2) is 29.3 Å². The second-order valence-electron chi connectivity index (χ2n) is 2.96. The van der Waals surface area contributed by atoms with Crippen molar-refractivity contribution >= 4 is 22.5 Å². The van der Waals surface area contributed by atoms with Crippen LogP contribution >= 0.6 is 11.6 Å². The molecule has 2 heterocycles. The fraction of sp³-hybridized carbons (Fsp3) is 0.200. The number of hydrogen-bond donors (Lipinski definition) is 0. The molecule has 0 radical (unpaired) electrons. The lowest BCUT2D eigenvalue weighted by Gasteiger charge is -2.03. The maximum atomic E-state index is 11.8. The molecule has 2 aromatic rings. The fourth-order valence-corrected chi connectivity index (χ4v) is 1.60. The normalized spacial score (nSPS) is 10.7. The van der Waals surface area contributed by atoms with Gasteiger partial charge in [0.25, 0.3) is 5.56 Å². The van der Waals surface area contributed by atoms with E-state index in [0.29, 0.717) is 22.5 Å². The third-order valence-electron chi connectivity index (χ3n) is 2.16. The first kappa shape index (κ1) is 9.21. The molecule has 2 rings (SSSR count). The summed E-state index contributed by atoms with van der Waals surface area (Å²) in [4.78, 5) is 15.8. The Morgan fingerprint density at radius 2 is 2.29 bits per heavy atom. The van der Waals surface area contributed by atoms with E-state index in [-0.39, 0.29) is 5.56 Å². The molecule has 0 amide bonds. The average Bonchev–Trinajstić information content (AvgIpc) is 2.20. The number of aromatic nitrogens is 2. The zero-order valence-corrected chi connectivity index (χ0v) is 8.45. The summed E-state index contributed by atoms with van der Waals surface area (Å²) in [5, 5.41) is 1.28. The lowest BCUT2D eigenvalue weighted by atomic mass is 10.2. The van der Waals surface area contributed by atoms with Crippen LogP contribution in [-0.4, -0.2) is 9.55 Å². The van der Waals surface area contributed by atoms with Crippen molar-refractivity contribution in [3.63, 3.8) is 0 Å². The Morgan fingerprint density at radius 3 is 3.00 bits per heavy atom. The smallest absolute Gasteiger partial charge is 0.277 e. The van der Waals surface area contributed by atoms with Gasteiger partial charge in [-0.2, -0.15) is 0 Å². The van der Waals surface area contributed by atoms with E-state index in [4.69, 9.17) is 11.6 Å². The Hall–Kier alpha value is -1.35. The van der Waals surface area contributed by atoms with Gasteiger partial charge in [-0.05, 0) is 19.1 Å². The van der Waals surface area contributed by atoms with Crippen molar-refractivity contribution in [2.45, 2.75) is 13.5 Å². The zero-order chi connectivity index (χ0) is 10.1. The van der Waals surface area contributed by atoms with E-state index in [0.717, 1.165) is 0 Å². The van der Waals surface area contributed by atoms with Gasteiger partial charge in [-0.25, -0.2) is 0 Å². The summed E-state index contributed by atoms with van der Waals surface area (Å²) < 4.78 is 1.60. The lowest BCUT2D eigenvalue weighted by Crippen LogP contribution is -2.19. The topological polar surface area (TPSA) is 34.9 Å². The van der Waals surface area contributed by atoms with E-state index in [2.05, 4.69) is 4.98 Å². The molecule has 4 heteroatoms. The highest BCUT2D eigenvalue weighted by molar-refractivity contribution is 6.35. The minimum Gasteiger partial charge on any atom is -0.314 e. The van der Waals surface area contributed by atoms with E-state index in [1.165, 1.54) is 0 Å². The lowest BCUT2D eigenvalue weighted by molar-refractivity contribution is 0.733. The number of rotatable bonds is 1. The molecule has 0 aromatic carbocycles. The van der Waals surface area contributed by atoms with Gasteiger partial charge in [-0.1, -0.05) is 11.6 Å². The summed E-state index contributed by atoms with van der Waals surface area (Å²) in [5.74, 6) is 0. The second-order valence-corrected chi connectivity index (χ2v) is 3.37. The zero-order valence-electron chi connectivity index (χ0n) is 7.70. The van der Waals surface area contributed by atoms with E-state index < -0.39 is 0 Å².